The van der Waals surface area contributed by atoms with E-state index in [9.17, 15) is 0 Å². The van der Waals surface area contributed by atoms with E-state index in [1.807, 2.05) is 0 Å². The first-order valence-electron chi connectivity index (χ1n) is 23.2. The van der Waals surface area contributed by atoms with Crippen molar-refractivity contribution in [2.75, 3.05) is 0 Å². The SMILES string of the molecule is CC12CC1(c1ccccc1)C=Cc1ccc3c(c12)C1=CC1(c1cccc(-c2ccc(-c4cccc(C5=CC=C6C=CC7=C(C8CC8(c8ccccc8)C=C7)C67CC57)c4)cc2)c1)C=C3. The lowest BCUT2D eigenvalue weighted by Gasteiger charge is -2.34. The largest absolute Gasteiger partial charge is 0.0727 e. The molecule has 6 aromatic rings. The first-order valence-corrected chi connectivity index (χ1v) is 23.2. The van der Waals surface area contributed by atoms with E-state index in [1.165, 1.54) is 96.3 Å². The summed E-state index contributed by atoms with van der Waals surface area (Å²) in [5.74, 6) is 1.14. The second-order valence-corrected chi connectivity index (χ2v) is 20.3. The van der Waals surface area contributed by atoms with Crippen LogP contribution in [0.3, 0.4) is 0 Å². The Bertz CT molecular complexity index is 3320. The molecule has 9 aliphatic carbocycles. The molecule has 15 rings (SSSR count). The van der Waals surface area contributed by atoms with Gasteiger partial charge in [-0.3, -0.25) is 0 Å². The van der Waals surface area contributed by atoms with E-state index in [-0.39, 0.29) is 27.1 Å². The normalized spacial score (nSPS) is 32.0. The van der Waals surface area contributed by atoms with E-state index in [2.05, 4.69) is 219 Å². The first-order chi connectivity index (χ1) is 30.9. The summed E-state index contributed by atoms with van der Waals surface area (Å²) in [7, 11) is 0. The highest BCUT2D eigenvalue weighted by Crippen LogP contribution is 2.78. The van der Waals surface area contributed by atoms with Crippen LogP contribution in [0.4, 0.5) is 0 Å². The van der Waals surface area contributed by atoms with Crippen LogP contribution in [0.25, 0.3) is 45.6 Å². The number of allylic oxidation sites excluding steroid dienone is 14. The standard InChI is InChI=1S/C63H46/c1-59-39-62(59,49-15-6-3-7-16-49)33-30-44-23-22-42-28-31-61(36-54(61)56(42)58(44)59)51-17-9-11-46(35-51)41-20-18-40(19-21-41)45-10-8-12-47(34-45)52-27-26-50-25-24-43-29-32-60(48-13-4-2-5-14-48)37-55(60)57(43)63(50)38-53(52)63/h2-36,53,55H,37-39H2,1H3. The number of rotatable bonds is 6. The molecule has 3 fully saturated rings. The van der Waals surface area contributed by atoms with Gasteiger partial charge in [-0.15, -0.1) is 0 Å². The van der Waals surface area contributed by atoms with E-state index in [4.69, 9.17) is 0 Å². The monoisotopic (exact) mass is 802 g/mol. The predicted octanol–water partition coefficient (Wildman–Crippen LogP) is 14.7. The lowest BCUT2D eigenvalue weighted by molar-refractivity contribution is 0.602. The van der Waals surface area contributed by atoms with E-state index in [1.54, 1.807) is 11.1 Å². The maximum absolute atomic E-state index is 2.53. The summed E-state index contributed by atoms with van der Waals surface area (Å²) in [6.07, 6.45) is 30.5. The highest BCUT2D eigenvalue weighted by Gasteiger charge is 2.70. The van der Waals surface area contributed by atoms with Gasteiger partial charge in [0.25, 0.3) is 0 Å². The third-order valence-corrected chi connectivity index (χ3v) is 17.5. The quantitative estimate of drug-likeness (QED) is 0.157. The maximum atomic E-state index is 2.53. The number of hydrogen-bond donors (Lipinski definition) is 0. The third-order valence-electron chi connectivity index (χ3n) is 17.5. The van der Waals surface area contributed by atoms with Crippen molar-refractivity contribution in [1.29, 1.82) is 0 Å². The van der Waals surface area contributed by atoms with Crippen LogP contribution in [-0.2, 0) is 21.7 Å². The zero-order valence-electron chi connectivity index (χ0n) is 35.5. The van der Waals surface area contributed by atoms with Crippen molar-refractivity contribution < 1.29 is 0 Å². The van der Waals surface area contributed by atoms with Crippen molar-refractivity contribution in [3.8, 4) is 22.3 Å². The molecule has 0 nitrogen and oxygen atoms in total. The van der Waals surface area contributed by atoms with Crippen LogP contribution >= 0.6 is 0 Å². The fourth-order valence-corrected chi connectivity index (χ4v) is 14.0. The van der Waals surface area contributed by atoms with Crippen molar-refractivity contribution >= 4 is 23.3 Å². The molecule has 63 heavy (non-hydrogen) atoms. The molecule has 0 heteroatoms. The van der Waals surface area contributed by atoms with Crippen LogP contribution in [-0.4, -0.2) is 0 Å². The average Bonchev–Trinajstić information content (AvgIpc) is 4.20. The molecule has 3 saturated carbocycles. The molecule has 0 aliphatic heterocycles. The Labute approximate surface area is 370 Å². The third kappa shape index (κ3) is 4.42. The molecule has 0 heterocycles. The van der Waals surface area contributed by atoms with Crippen molar-refractivity contribution in [1.82, 2.24) is 0 Å². The number of hydrogen-bond acceptors (Lipinski definition) is 0. The zero-order chi connectivity index (χ0) is 41.3. The van der Waals surface area contributed by atoms with Crippen LogP contribution in [0.5, 0.6) is 0 Å². The lowest BCUT2D eigenvalue weighted by atomic mass is 9.69. The van der Waals surface area contributed by atoms with Gasteiger partial charge in [0.2, 0.25) is 0 Å². The van der Waals surface area contributed by atoms with Gasteiger partial charge in [-0.2, -0.15) is 0 Å². The lowest BCUT2D eigenvalue weighted by Crippen LogP contribution is -2.24. The van der Waals surface area contributed by atoms with Gasteiger partial charge in [0.1, 0.15) is 0 Å². The second-order valence-electron chi connectivity index (χ2n) is 20.3. The van der Waals surface area contributed by atoms with E-state index >= 15 is 0 Å². The van der Waals surface area contributed by atoms with Gasteiger partial charge in [0.05, 0.1) is 5.41 Å². The van der Waals surface area contributed by atoms with Gasteiger partial charge in [0, 0.05) is 21.7 Å². The van der Waals surface area contributed by atoms with E-state index < -0.39 is 0 Å². The molecule has 298 valence electrons. The van der Waals surface area contributed by atoms with Gasteiger partial charge in [-0.05, 0) is 138 Å². The topological polar surface area (TPSA) is 0 Å². The summed E-state index contributed by atoms with van der Waals surface area (Å²) in [5, 5.41) is 0. The molecule has 0 bridgehead atoms. The van der Waals surface area contributed by atoms with Crippen LogP contribution in [0, 0.1) is 17.3 Å². The molecule has 7 unspecified atom stereocenters. The Balaban J connectivity index is 0.704. The molecular formula is C63H46. The maximum Gasteiger partial charge on any atom is 0.0576 e. The van der Waals surface area contributed by atoms with Crippen molar-refractivity contribution in [3.05, 3.63) is 262 Å². The Morgan fingerprint density at radius 2 is 1.21 bits per heavy atom. The Hall–Kier alpha value is -6.76. The minimum absolute atomic E-state index is 0.0764. The Kier molecular flexibility index (Phi) is 6.42. The van der Waals surface area contributed by atoms with Gasteiger partial charge in [-0.1, -0.05) is 207 Å². The molecule has 0 N–H and O–H groups in total. The minimum Gasteiger partial charge on any atom is -0.0727 e. The van der Waals surface area contributed by atoms with Gasteiger partial charge in [0.15, 0.2) is 0 Å². The van der Waals surface area contributed by atoms with Crippen molar-refractivity contribution in [3.63, 3.8) is 0 Å². The predicted molar refractivity (Wildman–Crippen MR) is 260 cm³/mol. The number of fused-ring (bicyclic) bond motifs is 9. The zero-order valence-corrected chi connectivity index (χ0v) is 35.5. The molecule has 0 aromatic heterocycles. The smallest absolute Gasteiger partial charge is 0.0576 e. The summed E-state index contributed by atoms with van der Waals surface area (Å²) >= 11 is 0. The summed E-state index contributed by atoms with van der Waals surface area (Å²) in [5.41, 5.74) is 24.5. The molecule has 0 amide bonds. The second kappa shape index (κ2) is 11.6. The molecule has 0 radical (unpaired) electrons. The summed E-state index contributed by atoms with van der Waals surface area (Å²) in [4.78, 5) is 0. The minimum atomic E-state index is -0.145. The highest BCUT2D eigenvalue weighted by atomic mass is 14.7. The van der Waals surface area contributed by atoms with E-state index in [0.717, 1.165) is 6.42 Å². The summed E-state index contributed by atoms with van der Waals surface area (Å²) < 4.78 is 0. The van der Waals surface area contributed by atoms with Gasteiger partial charge >= 0.3 is 0 Å². The molecule has 6 aromatic carbocycles. The average molecular weight is 803 g/mol. The van der Waals surface area contributed by atoms with Gasteiger partial charge in [-0.25, -0.2) is 0 Å². The van der Waals surface area contributed by atoms with Crippen LogP contribution in [0.15, 0.2) is 217 Å². The van der Waals surface area contributed by atoms with E-state index in [0.29, 0.717) is 11.8 Å². The first kappa shape index (κ1) is 34.8. The molecular weight excluding hydrogens is 757 g/mol. The molecule has 9 aliphatic rings. The number of benzene rings is 6. The van der Waals surface area contributed by atoms with Crippen LogP contribution in [0.1, 0.15) is 70.7 Å². The molecule has 1 spiro atoms. The summed E-state index contributed by atoms with van der Waals surface area (Å²) in [6, 6.07) is 55.1. The van der Waals surface area contributed by atoms with Crippen molar-refractivity contribution in [2.24, 2.45) is 17.3 Å². The molecule has 0 saturated heterocycles. The summed E-state index contributed by atoms with van der Waals surface area (Å²) in [6.45, 7) is 2.51. The van der Waals surface area contributed by atoms with Crippen LogP contribution in [0.2, 0.25) is 0 Å². The van der Waals surface area contributed by atoms with Crippen LogP contribution < -0.4 is 0 Å². The van der Waals surface area contributed by atoms with Crippen molar-refractivity contribution in [2.45, 2.75) is 47.8 Å². The van der Waals surface area contributed by atoms with Gasteiger partial charge < -0.3 is 0 Å². The highest BCUT2D eigenvalue weighted by molar-refractivity contribution is 6.03. The fourth-order valence-electron chi connectivity index (χ4n) is 14.0. The Morgan fingerprint density at radius 3 is 2.02 bits per heavy atom. The Morgan fingerprint density at radius 1 is 0.508 bits per heavy atom. The molecule has 7 atom stereocenters. The fraction of sp³-hybridized carbons (Fsp3) is 0.175.